The van der Waals surface area contributed by atoms with Crippen LogP contribution < -0.4 is 0 Å². The van der Waals surface area contributed by atoms with Crippen LogP contribution in [0.5, 0.6) is 0 Å². The van der Waals surface area contributed by atoms with Crippen LogP contribution in [-0.2, 0) is 33.3 Å². The van der Waals surface area contributed by atoms with Crippen LogP contribution in [0.4, 0.5) is 0 Å². The summed E-state index contributed by atoms with van der Waals surface area (Å²) in [7, 11) is 1.28. The smallest absolute Gasteiger partial charge is 0.337 e. The molecule has 28 heavy (non-hydrogen) atoms. The minimum absolute atomic E-state index is 0.264. The second-order valence-electron chi connectivity index (χ2n) is 5.94. The number of benzene rings is 1. The molecule has 152 valence electrons. The van der Waals surface area contributed by atoms with Crippen LogP contribution in [-0.4, -0.2) is 62.6 Å². The molecule has 0 aromatic heterocycles. The zero-order valence-electron chi connectivity index (χ0n) is 16.2. The van der Waals surface area contributed by atoms with E-state index in [1.165, 1.54) is 34.1 Å². The molecule has 0 radical (unpaired) electrons. The lowest BCUT2D eigenvalue weighted by Crippen LogP contribution is -2.44. The van der Waals surface area contributed by atoms with Crippen molar-refractivity contribution in [2.45, 2.75) is 26.3 Å². The summed E-state index contributed by atoms with van der Waals surface area (Å²) in [6, 6.07) is 6.37. The normalized spacial score (nSPS) is 11.0. The first kappa shape index (κ1) is 22.8. The Hall–Kier alpha value is -3.23. The van der Waals surface area contributed by atoms with Crippen molar-refractivity contribution in [2.75, 3.05) is 26.9 Å². The number of carbonyl (C=O) groups is 4. The van der Waals surface area contributed by atoms with Crippen molar-refractivity contribution in [2.24, 2.45) is 4.99 Å². The Labute approximate surface area is 162 Å². The minimum atomic E-state index is -1.32. The first-order valence-corrected chi connectivity index (χ1v) is 8.31. The third kappa shape index (κ3) is 7.98. The largest absolute Gasteiger partial charge is 0.465 e. The highest BCUT2D eigenvalue weighted by atomic mass is 16.6. The van der Waals surface area contributed by atoms with Crippen molar-refractivity contribution in [1.29, 1.82) is 0 Å². The number of nitrogens with zero attached hydrogens (tertiary/aromatic N) is 1. The molecule has 0 spiro atoms. The number of hydrogen-bond acceptors (Lipinski definition) is 9. The van der Waals surface area contributed by atoms with Gasteiger partial charge in [0.15, 0.2) is 5.54 Å². The van der Waals surface area contributed by atoms with E-state index in [4.69, 9.17) is 14.2 Å². The summed E-state index contributed by atoms with van der Waals surface area (Å²) in [6.45, 7) is 2.87. The number of aliphatic imine (C=N–C) groups is 1. The van der Waals surface area contributed by atoms with Crippen LogP contribution in [0, 0.1) is 0 Å². The average molecular weight is 393 g/mol. The SMILES string of the molecule is COC(=O)c1ccc(C=NC(COC(C)=O)(COC(C)=O)COC(C)=O)cc1. The summed E-state index contributed by atoms with van der Waals surface area (Å²) in [5.74, 6) is -2.16. The third-order valence-corrected chi connectivity index (χ3v) is 3.45. The van der Waals surface area contributed by atoms with Crippen LogP contribution in [0.3, 0.4) is 0 Å². The second kappa shape index (κ2) is 10.8. The quantitative estimate of drug-likeness (QED) is 0.350. The molecule has 1 aromatic carbocycles. The second-order valence-corrected chi connectivity index (χ2v) is 5.94. The van der Waals surface area contributed by atoms with Gasteiger partial charge in [-0.1, -0.05) is 12.1 Å². The van der Waals surface area contributed by atoms with Crippen LogP contribution in [0.2, 0.25) is 0 Å². The van der Waals surface area contributed by atoms with Gasteiger partial charge in [0.1, 0.15) is 19.8 Å². The third-order valence-electron chi connectivity index (χ3n) is 3.45. The Balaban J connectivity index is 3.12. The zero-order valence-corrected chi connectivity index (χ0v) is 16.2. The zero-order chi connectivity index (χ0) is 21.2. The van der Waals surface area contributed by atoms with Crippen molar-refractivity contribution in [1.82, 2.24) is 0 Å². The van der Waals surface area contributed by atoms with E-state index in [2.05, 4.69) is 9.73 Å². The van der Waals surface area contributed by atoms with Crippen LogP contribution in [0.25, 0.3) is 0 Å². The lowest BCUT2D eigenvalue weighted by Gasteiger charge is -2.27. The van der Waals surface area contributed by atoms with Gasteiger partial charge in [-0.05, 0) is 17.7 Å². The predicted molar refractivity (Wildman–Crippen MR) is 98.0 cm³/mol. The Morgan fingerprint density at radius 1 is 0.857 bits per heavy atom. The maximum absolute atomic E-state index is 11.5. The predicted octanol–water partition coefficient (Wildman–Crippen LogP) is 1.32. The van der Waals surface area contributed by atoms with E-state index >= 15 is 0 Å². The molecule has 1 aromatic rings. The Kier molecular flexibility index (Phi) is 8.80. The number of rotatable bonds is 9. The van der Waals surface area contributed by atoms with Gasteiger partial charge in [-0.15, -0.1) is 0 Å². The highest BCUT2D eigenvalue weighted by Gasteiger charge is 2.34. The lowest BCUT2D eigenvalue weighted by molar-refractivity contribution is -0.152. The molecular formula is C19H23NO8. The van der Waals surface area contributed by atoms with E-state index in [0.717, 1.165) is 0 Å². The molecule has 0 N–H and O–H groups in total. The molecule has 9 heteroatoms. The first-order valence-electron chi connectivity index (χ1n) is 8.31. The molecule has 0 saturated heterocycles. The number of ether oxygens (including phenoxy) is 4. The highest BCUT2D eigenvalue weighted by Crippen LogP contribution is 2.16. The molecule has 0 aliphatic carbocycles. The number of methoxy groups -OCH3 is 1. The molecule has 0 aliphatic heterocycles. The maximum atomic E-state index is 11.5. The van der Waals surface area contributed by atoms with E-state index in [-0.39, 0.29) is 19.8 Å². The van der Waals surface area contributed by atoms with Crippen molar-refractivity contribution in [3.63, 3.8) is 0 Å². The van der Waals surface area contributed by atoms with Crippen molar-refractivity contribution >= 4 is 30.1 Å². The molecule has 0 aliphatic rings. The molecule has 0 unspecified atom stereocenters. The Morgan fingerprint density at radius 3 is 1.64 bits per heavy atom. The van der Waals surface area contributed by atoms with E-state index in [1.54, 1.807) is 24.3 Å². The number of hydrogen-bond donors (Lipinski definition) is 0. The molecule has 1 rings (SSSR count). The number of esters is 4. The van der Waals surface area contributed by atoms with Gasteiger partial charge in [-0.25, -0.2) is 4.79 Å². The van der Waals surface area contributed by atoms with Crippen LogP contribution >= 0.6 is 0 Å². The number of carbonyl (C=O) groups excluding carboxylic acids is 4. The van der Waals surface area contributed by atoms with Gasteiger partial charge >= 0.3 is 23.9 Å². The lowest BCUT2D eigenvalue weighted by atomic mass is 10.0. The van der Waals surface area contributed by atoms with Gasteiger partial charge in [0.05, 0.1) is 12.7 Å². The molecule has 0 heterocycles. The van der Waals surface area contributed by atoms with Gasteiger partial charge in [-0.3, -0.25) is 19.4 Å². The Morgan fingerprint density at radius 2 is 1.29 bits per heavy atom. The fraction of sp³-hybridized carbons (Fsp3) is 0.421. The molecule has 0 saturated carbocycles. The Bertz CT molecular complexity index is 693. The van der Waals surface area contributed by atoms with Crippen molar-refractivity contribution < 1.29 is 38.1 Å². The highest BCUT2D eigenvalue weighted by molar-refractivity contribution is 5.90. The molecular weight excluding hydrogens is 370 g/mol. The van der Waals surface area contributed by atoms with Gasteiger partial charge < -0.3 is 18.9 Å². The van der Waals surface area contributed by atoms with Crippen LogP contribution in [0.1, 0.15) is 36.7 Å². The summed E-state index contributed by atoms with van der Waals surface area (Å²) in [5.41, 5.74) is -0.333. The molecule has 0 atom stereocenters. The average Bonchev–Trinajstić information content (AvgIpc) is 2.66. The van der Waals surface area contributed by atoms with Gasteiger partial charge in [0.2, 0.25) is 0 Å². The van der Waals surface area contributed by atoms with Crippen molar-refractivity contribution in [3.8, 4) is 0 Å². The van der Waals surface area contributed by atoms with Gasteiger partial charge in [0, 0.05) is 27.0 Å². The summed E-state index contributed by atoms with van der Waals surface area (Å²) in [6.07, 6.45) is 1.44. The van der Waals surface area contributed by atoms with Gasteiger partial charge in [-0.2, -0.15) is 0 Å². The van der Waals surface area contributed by atoms with E-state index < -0.39 is 29.4 Å². The standard InChI is InChI=1S/C19H23NO8/c1-13(21)26-10-19(11-27-14(2)22,12-28-15(3)23)20-9-16-5-7-17(8-6-16)18(24)25-4/h5-9H,10-12H2,1-4H3. The molecule has 0 fully saturated rings. The van der Waals surface area contributed by atoms with E-state index in [1.807, 2.05) is 0 Å². The van der Waals surface area contributed by atoms with Crippen molar-refractivity contribution in [3.05, 3.63) is 35.4 Å². The molecule has 9 nitrogen and oxygen atoms in total. The topological polar surface area (TPSA) is 118 Å². The fourth-order valence-electron chi connectivity index (χ4n) is 1.98. The molecule has 0 bridgehead atoms. The summed E-state index contributed by atoms with van der Waals surface area (Å²) >= 11 is 0. The summed E-state index contributed by atoms with van der Waals surface area (Å²) < 4.78 is 19.7. The first-order chi connectivity index (χ1) is 13.2. The van der Waals surface area contributed by atoms with E-state index in [9.17, 15) is 19.2 Å². The van der Waals surface area contributed by atoms with Crippen LogP contribution in [0.15, 0.2) is 29.3 Å². The summed E-state index contributed by atoms with van der Waals surface area (Å²) in [5, 5.41) is 0. The minimum Gasteiger partial charge on any atom is -0.465 e. The monoisotopic (exact) mass is 393 g/mol. The molecule has 0 amide bonds. The maximum Gasteiger partial charge on any atom is 0.337 e. The fourth-order valence-corrected chi connectivity index (χ4v) is 1.98. The van der Waals surface area contributed by atoms with E-state index in [0.29, 0.717) is 11.1 Å². The summed E-state index contributed by atoms with van der Waals surface area (Å²) in [4.78, 5) is 49.6. The van der Waals surface area contributed by atoms with Gasteiger partial charge in [0.25, 0.3) is 0 Å².